The number of rotatable bonds is 8. The first-order chi connectivity index (χ1) is 17.5. The molecule has 2 atom stereocenters. The summed E-state index contributed by atoms with van der Waals surface area (Å²) in [5.41, 5.74) is 4.25. The molecule has 36 heavy (non-hydrogen) atoms. The SMILES string of the molecule is COc1cccc([C@H]2S[C@H](CCn3nnc(CC(=O)O)n3)c3cccn3-c3ccc(Cl)cc32)c1OC. The summed E-state index contributed by atoms with van der Waals surface area (Å²) in [6, 6.07) is 16.0. The number of ether oxygens (including phenoxy) is 2. The van der Waals surface area contributed by atoms with Gasteiger partial charge in [0.1, 0.15) is 6.42 Å². The third-order valence-corrected chi connectivity index (χ3v) is 7.87. The van der Waals surface area contributed by atoms with E-state index in [1.807, 2.05) is 36.4 Å². The van der Waals surface area contributed by atoms with Crippen LogP contribution in [0.2, 0.25) is 5.02 Å². The van der Waals surface area contributed by atoms with Crippen LogP contribution in [0.3, 0.4) is 0 Å². The highest BCUT2D eigenvalue weighted by atomic mass is 35.5. The molecule has 0 aliphatic carbocycles. The third-order valence-electron chi connectivity index (χ3n) is 6.05. The van der Waals surface area contributed by atoms with E-state index < -0.39 is 5.97 Å². The first-order valence-corrected chi connectivity index (χ1v) is 12.6. The van der Waals surface area contributed by atoms with Gasteiger partial charge in [-0.05, 0) is 53.6 Å². The molecule has 0 bridgehead atoms. The van der Waals surface area contributed by atoms with Crippen LogP contribution in [-0.4, -0.2) is 50.1 Å². The van der Waals surface area contributed by atoms with Gasteiger partial charge in [-0.2, -0.15) is 4.80 Å². The van der Waals surface area contributed by atoms with E-state index in [1.165, 1.54) is 4.80 Å². The molecule has 186 valence electrons. The molecule has 11 heteroatoms. The molecule has 1 N–H and O–H groups in total. The average molecular weight is 526 g/mol. The van der Waals surface area contributed by atoms with E-state index in [2.05, 4.69) is 38.3 Å². The molecule has 5 rings (SSSR count). The topological polar surface area (TPSA) is 104 Å². The zero-order chi connectivity index (χ0) is 25.2. The van der Waals surface area contributed by atoms with E-state index in [4.69, 9.17) is 26.2 Å². The Morgan fingerprint density at radius 2 is 2.00 bits per heavy atom. The van der Waals surface area contributed by atoms with Gasteiger partial charge in [0.05, 0.1) is 31.7 Å². The number of thioether (sulfide) groups is 1. The summed E-state index contributed by atoms with van der Waals surface area (Å²) in [7, 11) is 3.28. The quantitative estimate of drug-likeness (QED) is 0.352. The number of aliphatic carboxylic acids is 1. The fraction of sp³-hybridized carbons (Fsp3) is 0.280. The minimum atomic E-state index is -0.988. The van der Waals surface area contributed by atoms with Crippen molar-refractivity contribution < 1.29 is 19.4 Å². The first-order valence-electron chi connectivity index (χ1n) is 11.3. The number of aryl methyl sites for hydroxylation is 1. The normalized spacial score (nSPS) is 16.6. The first kappa shape index (κ1) is 24.2. The van der Waals surface area contributed by atoms with Gasteiger partial charge in [0.15, 0.2) is 17.3 Å². The van der Waals surface area contributed by atoms with Gasteiger partial charge in [-0.3, -0.25) is 4.79 Å². The molecule has 0 unspecified atom stereocenters. The smallest absolute Gasteiger partial charge is 0.311 e. The van der Waals surface area contributed by atoms with Crippen molar-refractivity contribution in [3.63, 3.8) is 0 Å². The maximum atomic E-state index is 11.0. The Morgan fingerprint density at radius 3 is 2.78 bits per heavy atom. The number of benzene rings is 2. The van der Waals surface area contributed by atoms with Gasteiger partial charge in [-0.15, -0.1) is 22.0 Å². The molecule has 0 radical (unpaired) electrons. The lowest BCUT2D eigenvalue weighted by Gasteiger charge is -2.24. The van der Waals surface area contributed by atoms with Gasteiger partial charge < -0.3 is 19.1 Å². The molecule has 0 amide bonds. The molecule has 0 saturated carbocycles. The van der Waals surface area contributed by atoms with Crippen LogP contribution in [0.5, 0.6) is 11.5 Å². The summed E-state index contributed by atoms with van der Waals surface area (Å²) < 4.78 is 13.6. The molecule has 4 aromatic rings. The number of nitrogens with zero attached hydrogens (tertiary/aromatic N) is 5. The molecule has 2 aromatic carbocycles. The zero-order valence-electron chi connectivity index (χ0n) is 19.7. The van der Waals surface area contributed by atoms with Crippen LogP contribution in [0.15, 0.2) is 54.7 Å². The number of aromatic nitrogens is 5. The Balaban J connectivity index is 1.55. The highest BCUT2D eigenvalue weighted by Crippen LogP contribution is 2.54. The van der Waals surface area contributed by atoms with Gasteiger partial charge in [-0.25, -0.2) is 0 Å². The Morgan fingerprint density at radius 1 is 1.14 bits per heavy atom. The number of tetrazole rings is 1. The van der Waals surface area contributed by atoms with Crippen molar-refractivity contribution in [3.05, 3.63) is 82.4 Å². The van der Waals surface area contributed by atoms with Crippen LogP contribution in [0.4, 0.5) is 0 Å². The molecule has 0 fully saturated rings. The van der Waals surface area contributed by atoms with Gasteiger partial charge in [0.2, 0.25) is 0 Å². The largest absolute Gasteiger partial charge is 0.493 e. The van der Waals surface area contributed by atoms with Crippen molar-refractivity contribution in [1.82, 2.24) is 24.8 Å². The molecule has 2 aromatic heterocycles. The number of carboxylic acid groups (broad SMARTS) is 1. The Hall–Kier alpha value is -3.50. The second-order valence-corrected chi connectivity index (χ2v) is 10.0. The number of carbonyl (C=O) groups is 1. The number of halogens is 1. The van der Waals surface area contributed by atoms with Crippen LogP contribution in [0.25, 0.3) is 5.69 Å². The van der Waals surface area contributed by atoms with Crippen LogP contribution in [-0.2, 0) is 17.8 Å². The second-order valence-electron chi connectivity index (χ2n) is 8.25. The maximum Gasteiger partial charge on any atom is 0.311 e. The van der Waals surface area contributed by atoms with E-state index in [9.17, 15) is 4.79 Å². The summed E-state index contributed by atoms with van der Waals surface area (Å²) in [5, 5.41) is 21.7. The predicted molar refractivity (Wildman–Crippen MR) is 136 cm³/mol. The minimum absolute atomic E-state index is 0.0565. The molecule has 0 saturated heterocycles. The summed E-state index contributed by atoms with van der Waals surface area (Å²) in [5.74, 6) is 0.556. The van der Waals surface area contributed by atoms with Crippen molar-refractivity contribution in [3.8, 4) is 17.2 Å². The van der Waals surface area contributed by atoms with Crippen LogP contribution >= 0.6 is 23.4 Å². The number of hydrogen-bond donors (Lipinski definition) is 1. The summed E-state index contributed by atoms with van der Waals surface area (Å²) in [4.78, 5) is 12.4. The van der Waals surface area contributed by atoms with E-state index in [0.29, 0.717) is 29.5 Å². The summed E-state index contributed by atoms with van der Waals surface area (Å²) in [6.45, 7) is 0.481. The molecule has 1 aliphatic rings. The monoisotopic (exact) mass is 525 g/mol. The van der Waals surface area contributed by atoms with Crippen LogP contribution in [0, 0.1) is 0 Å². The lowest BCUT2D eigenvalue weighted by atomic mass is 10.0. The molecule has 0 spiro atoms. The van der Waals surface area contributed by atoms with Gasteiger partial charge in [0.25, 0.3) is 0 Å². The predicted octanol–water partition coefficient (Wildman–Crippen LogP) is 4.73. The average Bonchev–Trinajstić information content (AvgIpc) is 3.51. The van der Waals surface area contributed by atoms with E-state index in [-0.39, 0.29) is 22.7 Å². The van der Waals surface area contributed by atoms with Crippen molar-refractivity contribution in [2.45, 2.75) is 29.9 Å². The summed E-state index contributed by atoms with van der Waals surface area (Å²) >= 11 is 8.28. The van der Waals surface area contributed by atoms with E-state index in [1.54, 1.807) is 26.0 Å². The van der Waals surface area contributed by atoms with Gasteiger partial charge in [-0.1, -0.05) is 23.7 Å². The molecular formula is C25H24ClN5O4S. The molecule has 9 nitrogen and oxygen atoms in total. The fourth-order valence-electron chi connectivity index (χ4n) is 4.52. The maximum absolute atomic E-state index is 11.0. The van der Waals surface area contributed by atoms with Gasteiger partial charge in [0, 0.05) is 27.7 Å². The number of methoxy groups -OCH3 is 2. The lowest BCUT2D eigenvalue weighted by molar-refractivity contribution is -0.136. The molecular weight excluding hydrogens is 502 g/mol. The standard InChI is InChI=1S/C25H24ClN5O4S/c1-34-20-7-3-5-16(24(20)35-2)25-17-13-15(26)8-9-18(17)30-11-4-6-19(30)21(36-25)10-12-31-28-22(27-29-31)14-23(32)33/h3-9,11,13,21,25H,10,12,14H2,1-2H3,(H,32,33)/t21-,25-/m1/s1. The molecule has 3 heterocycles. The highest BCUT2D eigenvalue weighted by molar-refractivity contribution is 8.00. The fourth-order valence-corrected chi connectivity index (χ4v) is 6.27. The van der Waals surface area contributed by atoms with E-state index >= 15 is 0 Å². The number of hydrogen-bond acceptors (Lipinski definition) is 7. The van der Waals surface area contributed by atoms with Crippen LogP contribution < -0.4 is 9.47 Å². The number of fused-ring (bicyclic) bond motifs is 3. The van der Waals surface area contributed by atoms with Crippen molar-refractivity contribution in [2.75, 3.05) is 14.2 Å². The third kappa shape index (κ3) is 4.66. The molecule has 1 aliphatic heterocycles. The van der Waals surface area contributed by atoms with Crippen molar-refractivity contribution in [1.29, 1.82) is 0 Å². The van der Waals surface area contributed by atoms with Gasteiger partial charge >= 0.3 is 5.97 Å². The van der Waals surface area contributed by atoms with Crippen LogP contribution in [0.1, 0.15) is 39.6 Å². The highest BCUT2D eigenvalue weighted by Gasteiger charge is 2.32. The Bertz CT molecular complexity index is 1400. The van der Waals surface area contributed by atoms with Crippen molar-refractivity contribution >= 4 is 29.3 Å². The minimum Gasteiger partial charge on any atom is -0.493 e. The van der Waals surface area contributed by atoms with Crippen molar-refractivity contribution in [2.24, 2.45) is 0 Å². The number of para-hydroxylation sites is 1. The Kier molecular flexibility index (Phi) is 6.88. The second kappa shape index (κ2) is 10.2. The summed E-state index contributed by atoms with van der Waals surface area (Å²) in [6.07, 6.45) is 2.50. The van der Waals surface area contributed by atoms with E-state index in [0.717, 1.165) is 22.5 Å². The number of carboxylic acids is 1. The zero-order valence-corrected chi connectivity index (χ0v) is 21.2. The Labute approximate surface area is 217 Å². The lowest BCUT2D eigenvalue weighted by Crippen LogP contribution is -2.09.